The Hall–Kier alpha value is -1.26. The molecule has 1 amide bonds. The van der Waals surface area contributed by atoms with Crippen molar-refractivity contribution < 1.29 is 9.53 Å². The maximum Gasteiger partial charge on any atom is 0.251 e. The van der Waals surface area contributed by atoms with Crippen LogP contribution in [0.4, 0.5) is 0 Å². The molecule has 0 heterocycles. The van der Waals surface area contributed by atoms with Gasteiger partial charge in [0.1, 0.15) is 5.75 Å². The topological polar surface area (TPSA) is 64.3 Å². The molecule has 0 aliphatic heterocycles. The van der Waals surface area contributed by atoms with Crippen LogP contribution in [-0.2, 0) is 0 Å². The molecule has 2 rings (SSSR count). The van der Waals surface area contributed by atoms with Crippen molar-refractivity contribution in [2.75, 3.05) is 6.61 Å². The lowest BCUT2D eigenvalue weighted by atomic mass is 9.91. The van der Waals surface area contributed by atoms with Gasteiger partial charge in [0.2, 0.25) is 0 Å². The van der Waals surface area contributed by atoms with E-state index in [0.29, 0.717) is 24.1 Å². The first-order valence-corrected chi connectivity index (χ1v) is 8.34. The van der Waals surface area contributed by atoms with Gasteiger partial charge in [-0.2, -0.15) is 0 Å². The fraction of sp³-hybridized carbons (Fsp3) is 0.611. The third-order valence-electron chi connectivity index (χ3n) is 4.19. The monoisotopic (exact) mass is 340 g/mol. The van der Waals surface area contributed by atoms with E-state index < -0.39 is 0 Å². The van der Waals surface area contributed by atoms with Gasteiger partial charge in [-0.05, 0) is 62.3 Å². The van der Waals surface area contributed by atoms with Crippen molar-refractivity contribution in [3.8, 4) is 5.75 Å². The molecule has 1 saturated carbocycles. The molecule has 1 aliphatic rings. The highest BCUT2D eigenvalue weighted by atomic mass is 35.5. The number of hydrogen-bond donors (Lipinski definition) is 2. The lowest BCUT2D eigenvalue weighted by Gasteiger charge is -2.26. The number of nitrogens with two attached hydrogens (primary N) is 1. The summed E-state index contributed by atoms with van der Waals surface area (Å²) < 4.78 is 5.67. The molecular formula is C18H29ClN2O2. The molecule has 0 atom stereocenters. The Morgan fingerprint density at radius 3 is 2.39 bits per heavy atom. The van der Waals surface area contributed by atoms with Gasteiger partial charge in [-0.15, -0.1) is 12.4 Å². The number of ether oxygens (including phenoxy) is 1. The summed E-state index contributed by atoms with van der Waals surface area (Å²) in [7, 11) is 0. The molecule has 23 heavy (non-hydrogen) atoms. The number of halogens is 1. The summed E-state index contributed by atoms with van der Waals surface area (Å²) in [6.07, 6.45) is 4.97. The number of amides is 1. The van der Waals surface area contributed by atoms with Crippen molar-refractivity contribution in [3.05, 3.63) is 29.8 Å². The molecule has 1 aromatic rings. The zero-order chi connectivity index (χ0) is 15.9. The standard InChI is InChI=1S/C18H28N2O2.ClH/c1-13(2)11-12-22-17-9-3-14(4-10-17)18(21)20-16-7-5-15(19)6-8-16;/h3-4,9-10,13,15-16H,5-8,11-12,19H2,1-2H3,(H,20,21);1H. The van der Waals surface area contributed by atoms with Crippen molar-refractivity contribution in [2.45, 2.75) is 58.0 Å². The maximum absolute atomic E-state index is 12.2. The second kappa shape index (κ2) is 9.78. The van der Waals surface area contributed by atoms with Gasteiger partial charge in [0.25, 0.3) is 5.91 Å². The summed E-state index contributed by atoms with van der Waals surface area (Å²) in [5.74, 6) is 1.45. The van der Waals surface area contributed by atoms with Crippen molar-refractivity contribution in [1.82, 2.24) is 5.32 Å². The lowest BCUT2D eigenvalue weighted by molar-refractivity contribution is 0.0926. The van der Waals surface area contributed by atoms with Crippen LogP contribution in [0.5, 0.6) is 5.75 Å². The van der Waals surface area contributed by atoms with Gasteiger partial charge in [-0.1, -0.05) is 13.8 Å². The Labute approximate surface area is 145 Å². The van der Waals surface area contributed by atoms with E-state index in [-0.39, 0.29) is 24.4 Å². The molecule has 0 spiro atoms. The third-order valence-corrected chi connectivity index (χ3v) is 4.19. The zero-order valence-corrected chi connectivity index (χ0v) is 14.9. The van der Waals surface area contributed by atoms with E-state index in [0.717, 1.165) is 37.9 Å². The summed E-state index contributed by atoms with van der Waals surface area (Å²) in [5.41, 5.74) is 6.57. The van der Waals surface area contributed by atoms with E-state index in [2.05, 4.69) is 19.2 Å². The summed E-state index contributed by atoms with van der Waals surface area (Å²) in [5, 5.41) is 3.10. The molecule has 4 nitrogen and oxygen atoms in total. The van der Waals surface area contributed by atoms with Gasteiger partial charge in [-0.25, -0.2) is 0 Å². The minimum Gasteiger partial charge on any atom is -0.494 e. The van der Waals surface area contributed by atoms with Crippen LogP contribution in [0.15, 0.2) is 24.3 Å². The minimum absolute atomic E-state index is 0. The number of carbonyl (C=O) groups excluding carboxylic acids is 1. The Balaban J connectivity index is 0.00000264. The fourth-order valence-corrected chi connectivity index (χ4v) is 2.65. The maximum atomic E-state index is 12.2. The van der Waals surface area contributed by atoms with Crippen LogP contribution in [0.3, 0.4) is 0 Å². The Bertz CT molecular complexity index is 468. The first kappa shape index (κ1) is 19.8. The molecule has 0 aromatic heterocycles. The van der Waals surface area contributed by atoms with E-state index in [1.807, 2.05) is 24.3 Å². The Kier molecular flexibility index (Phi) is 8.42. The van der Waals surface area contributed by atoms with Crippen LogP contribution in [-0.4, -0.2) is 24.6 Å². The highest BCUT2D eigenvalue weighted by Crippen LogP contribution is 2.18. The molecule has 0 bridgehead atoms. The molecule has 0 radical (unpaired) electrons. The van der Waals surface area contributed by atoms with Crippen molar-refractivity contribution in [2.24, 2.45) is 11.7 Å². The number of carbonyl (C=O) groups is 1. The average Bonchev–Trinajstić information content (AvgIpc) is 2.50. The van der Waals surface area contributed by atoms with Gasteiger partial charge in [-0.3, -0.25) is 4.79 Å². The highest BCUT2D eigenvalue weighted by Gasteiger charge is 2.20. The molecule has 130 valence electrons. The summed E-state index contributed by atoms with van der Waals surface area (Å²) in [6.45, 7) is 5.06. The van der Waals surface area contributed by atoms with Gasteiger partial charge >= 0.3 is 0 Å². The number of hydrogen-bond acceptors (Lipinski definition) is 3. The lowest BCUT2D eigenvalue weighted by Crippen LogP contribution is -2.40. The molecule has 0 saturated heterocycles. The van der Waals surface area contributed by atoms with Crippen molar-refractivity contribution >= 4 is 18.3 Å². The highest BCUT2D eigenvalue weighted by molar-refractivity contribution is 5.94. The van der Waals surface area contributed by atoms with E-state index in [1.165, 1.54) is 0 Å². The van der Waals surface area contributed by atoms with Crippen LogP contribution in [0.25, 0.3) is 0 Å². The van der Waals surface area contributed by atoms with E-state index >= 15 is 0 Å². The molecule has 5 heteroatoms. The summed E-state index contributed by atoms with van der Waals surface area (Å²) >= 11 is 0. The van der Waals surface area contributed by atoms with Gasteiger partial charge < -0.3 is 15.8 Å². The molecular weight excluding hydrogens is 312 g/mol. The first-order chi connectivity index (χ1) is 10.5. The molecule has 3 N–H and O–H groups in total. The Morgan fingerprint density at radius 1 is 1.22 bits per heavy atom. The van der Waals surface area contributed by atoms with Crippen LogP contribution in [0.1, 0.15) is 56.3 Å². The molecule has 0 unspecified atom stereocenters. The zero-order valence-electron chi connectivity index (χ0n) is 14.1. The van der Waals surface area contributed by atoms with Gasteiger partial charge in [0.05, 0.1) is 6.61 Å². The Morgan fingerprint density at radius 2 is 1.83 bits per heavy atom. The molecule has 1 fully saturated rings. The van der Waals surface area contributed by atoms with Crippen molar-refractivity contribution in [1.29, 1.82) is 0 Å². The van der Waals surface area contributed by atoms with E-state index in [1.54, 1.807) is 0 Å². The predicted molar refractivity (Wildman–Crippen MR) is 96.3 cm³/mol. The summed E-state index contributed by atoms with van der Waals surface area (Å²) in [6, 6.07) is 7.95. The molecule has 1 aliphatic carbocycles. The smallest absolute Gasteiger partial charge is 0.251 e. The number of nitrogens with one attached hydrogen (secondary N) is 1. The predicted octanol–water partition coefficient (Wildman–Crippen LogP) is 3.53. The molecule has 1 aromatic carbocycles. The fourth-order valence-electron chi connectivity index (χ4n) is 2.65. The number of benzene rings is 1. The van der Waals surface area contributed by atoms with Crippen LogP contribution >= 0.6 is 12.4 Å². The SMILES string of the molecule is CC(C)CCOc1ccc(C(=O)NC2CCC(N)CC2)cc1.Cl. The van der Waals surface area contributed by atoms with Gasteiger partial charge in [0, 0.05) is 17.6 Å². The second-order valence-corrected chi connectivity index (χ2v) is 6.64. The van der Waals surface area contributed by atoms with Crippen LogP contribution in [0.2, 0.25) is 0 Å². The normalized spacial score (nSPS) is 20.7. The number of rotatable bonds is 6. The minimum atomic E-state index is -0.00537. The van der Waals surface area contributed by atoms with E-state index in [4.69, 9.17) is 10.5 Å². The van der Waals surface area contributed by atoms with Gasteiger partial charge in [0.15, 0.2) is 0 Å². The van der Waals surface area contributed by atoms with Crippen LogP contribution < -0.4 is 15.8 Å². The van der Waals surface area contributed by atoms with E-state index in [9.17, 15) is 4.79 Å². The quantitative estimate of drug-likeness (QED) is 0.832. The average molecular weight is 341 g/mol. The largest absolute Gasteiger partial charge is 0.494 e. The van der Waals surface area contributed by atoms with Crippen LogP contribution in [0, 0.1) is 5.92 Å². The second-order valence-electron chi connectivity index (χ2n) is 6.64. The first-order valence-electron chi connectivity index (χ1n) is 8.34. The third kappa shape index (κ3) is 6.80. The summed E-state index contributed by atoms with van der Waals surface area (Å²) in [4.78, 5) is 12.2. The van der Waals surface area contributed by atoms with Crippen molar-refractivity contribution in [3.63, 3.8) is 0 Å².